The second kappa shape index (κ2) is 64.3. The average molecular weight is 2630 g/mol. The van der Waals surface area contributed by atoms with Crippen LogP contribution in [0.5, 0.6) is 57.5 Å². The molecule has 36 nitrogen and oxygen atoms in total. The fraction of sp³-hybridized carbons (Fsp3) is 0.0886. The first-order chi connectivity index (χ1) is 57.0. The predicted molar refractivity (Wildman–Crippen MR) is 463 cm³/mol. The molecule has 0 unspecified atom stereocenters. The monoisotopic (exact) mass is 2620 g/mol. The summed E-state index contributed by atoms with van der Waals surface area (Å²) >= 11 is 38.8. The van der Waals surface area contributed by atoms with Gasteiger partial charge in [-0.15, -0.1) is 30.3 Å². The quantitative estimate of drug-likeness (QED) is 0.0286. The number of rotatable bonds is 12. The molecule has 14 aromatic rings. The van der Waals surface area contributed by atoms with Crippen molar-refractivity contribution >= 4 is 122 Å². The van der Waals surface area contributed by atoms with Gasteiger partial charge >= 0.3 is 17.5 Å². The third-order valence-electron chi connectivity index (χ3n) is 13.5. The molecule has 0 aliphatic heterocycles. The Morgan fingerprint density at radius 3 is 0.961 bits per heavy atom. The van der Waals surface area contributed by atoms with E-state index in [0.717, 1.165) is 17.5 Å². The van der Waals surface area contributed by atoms with Crippen LogP contribution in [0.25, 0.3) is 0 Å². The van der Waals surface area contributed by atoms with Gasteiger partial charge in [-0.3, -0.25) is 4.79 Å². The zero-order valence-electron chi connectivity index (χ0n) is 67.6. The molecule has 14 rings (SSSR count). The van der Waals surface area contributed by atoms with Gasteiger partial charge in [-0.1, -0.05) is 111 Å². The maximum atomic E-state index is 10.5. The Labute approximate surface area is 844 Å². The minimum absolute atomic E-state index is 0. The molecule has 0 amide bonds. The van der Waals surface area contributed by atoms with Crippen molar-refractivity contribution in [3.63, 3.8) is 0 Å². The number of anilines is 3. The molecule has 9 N–H and O–H groups in total. The van der Waals surface area contributed by atoms with Crippen LogP contribution in [0.1, 0.15) is 39.9 Å². The Bertz CT molecular complexity index is 5730. The van der Waals surface area contributed by atoms with Gasteiger partial charge in [-0.2, -0.15) is 0 Å². The molecule has 1 radical (unpaired) electrons. The van der Waals surface area contributed by atoms with E-state index >= 15 is 0 Å². The van der Waals surface area contributed by atoms with Gasteiger partial charge in [0.15, 0.2) is 39.8 Å². The summed E-state index contributed by atoms with van der Waals surface area (Å²) in [5, 5.41) is 62.3. The number of aromatic hydroxyl groups is 2. The number of halogens is 7. The average Bonchev–Trinajstić information content (AvgIpc) is 0.466. The molecule has 0 fully saturated rings. The molecule has 0 bridgehead atoms. The normalized spacial score (nSPS) is 9.18. The summed E-state index contributed by atoms with van der Waals surface area (Å²) in [5.41, 5.74) is 20.0. The van der Waals surface area contributed by atoms with Gasteiger partial charge in [0.1, 0.15) is 72.0 Å². The number of aromatic amines is 1. The first kappa shape index (κ1) is 121. The molecule has 48 heteroatoms. The summed E-state index contributed by atoms with van der Waals surface area (Å²) in [4.78, 5) is 101. The smallest absolute Gasteiger partial charge is 0.363 e. The Balaban J connectivity index is -0.00000135. The number of hydrogen-bond donors (Lipinski definition) is 6. The number of H-pyrrole nitrogens is 1. The van der Waals surface area contributed by atoms with Gasteiger partial charge in [0.25, 0.3) is 5.82 Å². The zero-order valence-corrected chi connectivity index (χ0v) is 87.5. The van der Waals surface area contributed by atoms with Crippen molar-refractivity contribution in [2.75, 3.05) is 17.2 Å². The number of hydrogen-bond acceptors (Lipinski definition) is 31. The van der Waals surface area contributed by atoms with Crippen molar-refractivity contribution in [1.29, 1.82) is 0 Å². The van der Waals surface area contributed by atoms with Crippen LogP contribution in [0.4, 0.5) is 40.7 Å². The van der Waals surface area contributed by atoms with Gasteiger partial charge < -0.3 is 117 Å². The van der Waals surface area contributed by atoms with Crippen molar-refractivity contribution in [3.8, 4) is 57.5 Å². The van der Waals surface area contributed by atoms with Gasteiger partial charge in [-0.05, 0) is 153 Å². The van der Waals surface area contributed by atoms with Crippen LogP contribution < -0.4 is 41.6 Å². The van der Waals surface area contributed by atoms with Crippen molar-refractivity contribution in [2.45, 2.75) is 48.5 Å². The SMILES string of the molecule is Cc1[c-]ccc([N+](=O)[O-])n1.Cc1nc(N)ccc1O.Cc1nc(N)ccc1Oc1c[c-]ncc1.Cc1nc(N)ccc1Oc1ccnc(Cl)c1.Cc1nc([N+](=O)[O-])ccc1O.Cc1nc([N+](=O)[O-])ccc1Oc1c[c-]ncc1.Cc1nc([N+](=O)[O-])ccc1Oc1ccnc(Cl)c1.Clc1ccnc(Cl)c1.Clc1ccnc(Cl)c1.O=c1cc[nH]c(Cl)c1.[CH3-].[CH3-].[W].[W].[W].[W].[Y]. The minimum Gasteiger partial charge on any atom is -0.515 e. The summed E-state index contributed by atoms with van der Waals surface area (Å²) < 4.78 is 22.2. The Kier molecular flexibility index (Phi) is 61.2. The maximum absolute atomic E-state index is 10.5. The van der Waals surface area contributed by atoms with Crippen molar-refractivity contribution in [1.82, 2.24) is 69.8 Å². The molecule has 0 aliphatic rings. The zero-order chi connectivity index (χ0) is 88.4. The minimum atomic E-state index is -0.605. The first-order valence-electron chi connectivity index (χ1n) is 33.4. The molecular weight excluding hydrogens is 2560 g/mol. The van der Waals surface area contributed by atoms with Crippen LogP contribution in [0.15, 0.2) is 218 Å². The van der Waals surface area contributed by atoms with E-state index in [1.54, 1.807) is 162 Å². The molecule has 0 aliphatic carbocycles. The van der Waals surface area contributed by atoms with E-state index in [-0.39, 0.29) is 178 Å². The molecule has 14 aromatic heterocycles. The molecule has 0 saturated heterocycles. The van der Waals surface area contributed by atoms with Crippen LogP contribution in [0.3, 0.4) is 0 Å². The number of nitrogens with one attached hydrogen (secondary N) is 1. The Morgan fingerprint density at radius 1 is 0.378 bits per heavy atom. The molecule has 663 valence electrons. The summed E-state index contributed by atoms with van der Waals surface area (Å²) in [6.45, 7) is 11.8. The Hall–Kier alpha value is -10.4. The fourth-order valence-electron chi connectivity index (χ4n) is 7.95. The number of nitro groups is 4. The second-order valence-electron chi connectivity index (χ2n) is 22.6. The Morgan fingerprint density at radius 2 is 0.685 bits per heavy atom. The van der Waals surface area contributed by atoms with Gasteiger partial charge in [0, 0.05) is 233 Å². The van der Waals surface area contributed by atoms with E-state index in [4.69, 9.17) is 128 Å². The topological polar surface area (TPSA) is 528 Å². The van der Waals surface area contributed by atoms with Gasteiger partial charge in [0.2, 0.25) is 0 Å². The van der Waals surface area contributed by atoms with Crippen LogP contribution in [-0.4, -0.2) is 99.7 Å². The van der Waals surface area contributed by atoms with E-state index in [1.165, 1.54) is 80.0 Å². The van der Waals surface area contributed by atoms with Crippen LogP contribution in [0.2, 0.25) is 35.8 Å². The third kappa shape index (κ3) is 48.4. The van der Waals surface area contributed by atoms with E-state index in [9.17, 15) is 45.3 Å². The fourth-order valence-corrected chi connectivity index (χ4v) is 9.22. The van der Waals surface area contributed by atoms with Crippen molar-refractivity contribution < 1.29 is 166 Å². The van der Waals surface area contributed by atoms with Crippen molar-refractivity contribution in [3.05, 3.63) is 373 Å². The van der Waals surface area contributed by atoms with E-state index in [2.05, 4.69) is 88.2 Å². The second-order valence-corrected chi connectivity index (χ2v) is 25.4. The van der Waals surface area contributed by atoms with Crippen molar-refractivity contribution in [2.24, 2.45) is 0 Å². The van der Waals surface area contributed by atoms with Crippen LogP contribution in [-0.2, 0) is 117 Å². The molecule has 0 spiro atoms. The molecule has 14 heterocycles. The summed E-state index contributed by atoms with van der Waals surface area (Å²) in [5.74, 6) is 5.34. The largest absolute Gasteiger partial charge is 0.515 e. The molecule has 0 aromatic carbocycles. The summed E-state index contributed by atoms with van der Waals surface area (Å²) in [6, 6.07) is 46.0. The van der Waals surface area contributed by atoms with E-state index in [1.807, 2.05) is 13.8 Å². The first-order valence-corrected chi connectivity index (χ1v) is 36.1. The van der Waals surface area contributed by atoms with E-state index in [0.29, 0.717) is 122 Å². The number of aryl methyl sites for hydroxylation is 7. The van der Waals surface area contributed by atoms with Crippen LogP contribution >= 0.6 is 81.2 Å². The number of aromatic nitrogens is 14. The maximum Gasteiger partial charge on any atom is 0.363 e. The third-order valence-corrected chi connectivity index (χ3v) is 15.0. The number of ether oxygens (including phenoxy) is 4. The number of pyridine rings is 14. The molecule has 0 saturated carbocycles. The molecule has 127 heavy (non-hydrogen) atoms. The predicted octanol–water partition coefficient (Wildman–Crippen LogP) is 19.7. The number of nitrogens with zero attached hydrogens (tertiary/aromatic N) is 17. The van der Waals surface area contributed by atoms with Gasteiger partial charge in [-0.25, -0.2) is 47.0 Å². The standard InChI is InChI=1S/C11H8ClN3O3.C11H10ClN3O.C11H8N3O3.C11H10N3O.C6H6N2O3.C6H5N2O2.C6H8N2O.2C5H3Cl2N.C5H4ClNO.2CH3.4W.Y/c1-7-9(2-3-11(14-7)15(16)17)18-8-4-5-13-10(12)6-8;1-7-9(2-3-11(13)15-7)16-8-4-5-14-10(12)6-8;1-8-10(2-3-11(13-8)14(15)16)17-9-4-6-12-7-5-9;1-8-10(2-3-11(12)14-8)15-9-4-6-13-7-5-9;1-4-5(9)2-3-6(7-4)8(10)11;1-5-3-2-4-6(7-5)8(9)10;1-4-5(9)2-3-6(7)8-4;2*6-4-1-2-8-5(7)3-4;6-5-3-4(8)1-2-7-5;;;;;;;/h2-6H,1H3;2-6H,1H3,(H2,13,15);2-6H,1H3;2-6H,1H3,(H2,12,14);2-3,9H,1H3;2,4H,1H3;2-3,9H,1H3,(H2,7,8);2*1-3H;1-3H,(H,7,8);2*1H3;;;;;/q;;2*-1;;-1;;;;;2*-1;;;;;. The summed E-state index contributed by atoms with van der Waals surface area (Å²) in [7, 11) is 0. The van der Waals surface area contributed by atoms with Crippen LogP contribution in [0, 0.1) is 122 Å². The summed E-state index contributed by atoms with van der Waals surface area (Å²) in [6.07, 6.45) is 16.2. The van der Waals surface area contributed by atoms with Gasteiger partial charge in [0.05, 0.1) is 22.8 Å². The molecule has 0 atom stereocenters. The molecular formula is C79H71Cl7N21O15W4Y-5. The van der Waals surface area contributed by atoms with E-state index < -0.39 is 19.7 Å². The number of nitrogen functional groups attached to an aromatic ring is 3. The number of nitrogens with two attached hydrogens (primary N) is 3.